The van der Waals surface area contributed by atoms with Crippen molar-refractivity contribution < 1.29 is 4.74 Å². The van der Waals surface area contributed by atoms with Gasteiger partial charge in [-0.25, -0.2) is 0 Å². The lowest BCUT2D eigenvalue weighted by Crippen LogP contribution is -2.23. The van der Waals surface area contributed by atoms with Crippen LogP contribution < -0.4 is 10.1 Å². The molecule has 0 radical (unpaired) electrons. The van der Waals surface area contributed by atoms with E-state index in [1.54, 1.807) is 7.11 Å². The molecule has 1 unspecified atom stereocenters. The van der Waals surface area contributed by atoms with E-state index in [1.165, 1.54) is 5.56 Å². The first-order chi connectivity index (χ1) is 8.58. The van der Waals surface area contributed by atoms with Gasteiger partial charge in [0.1, 0.15) is 5.75 Å². The summed E-state index contributed by atoms with van der Waals surface area (Å²) in [5.74, 6) is 1.57. The number of benzene rings is 1. The zero-order chi connectivity index (χ0) is 13.5. The molecule has 0 fully saturated rings. The molecular weight excluding hydrogens is 290 g/mol. The van der Waals surface area contributed by atoms with Gasteiger partial charge in [-0.05, 0) is 58.9 Å². The fourth-order valence-electron chi connectivity index (χ4n) is 2.03. The van der Waals surface area contributed by atoms with Gasteiger partial charge in [-0.1, -0.05) is 26.8 Å². The minimum absolute atomic E-state index is 0.423. The van der Waals surface area contributed by atoms with Gasteiger partial charge in [0.05, 0.1) is 11.6 Å². The molecule has 3 heteroatoms. The molecule has 102 valence electrons. The first kappa shape index (κ1) is 15.5. The van der Waals surface area contributed by atoms with E-state index in [0.717, 1.165) is 29.6 Å². The van der Waals surface area contributed by atoms with Gasteiger partial charge < -0.3 is 10.1 Å². The summed E-state index contributed by atoms with van der Waals surface area (Å²) in [5.41, 5.74) is 1.32. The van der Waals surface area contributed by atoms with E-state index in [9.17, 15) is 0 Å². The number of ether oxygens (including phenoxy) is 1. The number of methoxy groups -OCH3 is 1. The van der Waals surface area contributed by atoms with Crippen LogP contribution in [-0.2, 0) is 0 Å². The second-order valence-corrected chi connectivity index (χ2v) is 5.88. The van der Waals surface area contributed by atoms with Gasteiger partial charge >= 0.3 is 0 Å². The molecule has 0 aromatic heterocycles. The lowest BCUT2D eigenvalue weighted by Gasteiger charge is -2.21. The molecule has 0 saturated heterocycles. The van der Waals surface area contributed by atoms with Crippen LogP contribution in [-0.4, -0.2) is 13.7 Å². The Morgan fingerprint density at radius 2 is 2.06 bits per heavy atom. The molecular formula is C15H24BrNO. The van der Waals surface area contributed by atoms with Gasteiger partial charge in [0.25, 0.3) is 0 Å². The van der Waals surface area contributed by atoms with E-state index < -0.39 is 0 Å². The number of nitrogens with one attached hydrogen (secondary N) is 1. The van der Waals surface area contributed by atoms with Gasteiger partial charge in [-0.2, -0.15) is 0 Å². The summed E-state index contributed by atoms with van der Waals surface area (Å²) in [6, 6.07) is 6.76. The Balaban J connectivity index is 2.86. The summed E-state index contributed by atoms with van der Waals surface area (Å²) < 4.78 is 6.30. The van der Waals surface area contributed by atoms with E-state index in [1.807, 2.05) is 6.07 Å². The minimum Gasteiger partial charge on any atom is -0.496 e. The van der Waals surface area contributed by atoms with Crippen LogP contribution in [0.5, 0.6) is 5.75 Å². The topological polar surface area (TPSA) is 21.3 Å². The number of halogens is 1. The summed E-state index contributed by atoms with van der Waals surface area (Å²) >= 11 is 3.56. The second kappa shape index (κ2) is 7.80. The van der Waals surface area contributed by atoms with Crippen molar-refractivity contribution in [2.45, 2.75) is 39.7 Å². The summed E-state index contributed by atoms with van der Waals surface area (Å²) in [6.07, 6.45) is 2.31. The third kappa shape index (κ3) is 4.62. The maximum Gasteiger partial charge on any atom is 0.133 e. The molecule has 2 nitrogen and oxygen atoms in total. The maximum absolute atomic E-state index is 5.27. The molecule has 0 aliphatic carbocycles. The SMILES string of the molecule is CCCNC(CC(C)C)c1ccc(OC)c(Br)c1. The third-order valence-corrected chi connectivity index (χ3v) is 3.55. The molecule has 0 saturated carbocycles. The van der Waals surface area contributed by atoms with Crippen molar-refractivity contribution in [2.24, 2.45) is 5.92 Å². The molecule has 1 aromatic carbocycles. The first-order valence-electron chi connectivity index (χ1n) is 6.65. The van der Waals surface area contributed by atoms with Crippen molar-refractivity contribution in [3.63, 3.8) is 0 Å². The van der Waals surface area contributed by atoms with Crippen LogP contribution in [0.3, 0.4) is 0 Å². The molecule has 0 bridgehead atoms. The molecule has 0 spiro atoms. The van der Waals surface area contributed by atoms with E-state index >= 15 is 0 Å². The zero-order valence-corrected chi connectivity index (χ0v) is 13.4. The van der Waals surface area contributed by atoms with Crippen LogP contribution in [0, 0.1) is 5.92 Å². The Kier molecular flexibility index (Phi) is 6.72. The van der Waals surface area contributed by atoms with Crippen LogP contribution >= 0.6 is 15.9 Å². The summed E-state index contributed by atoms with van der Waals surface area (Å²) in [5, 5.41) is 3.62. The lowest BCUT2D eigenvalue weighted by atomic mass is 9.97. The maximum atomic E-state index is 5.27. The Morgan fingerprint density at radius 1 is 1.33 bits per heavy atom. The van der Waals surface area contributed by atoms with Crippen molar-refractivity contribution in [2.75, 3.05) is 13.7 Å². The van der Waals surface area contributed by atoms with Crippen molar-refractivity contribution in [1.29, 1.82) is 0 Å². The second-order valence-electron chi connectivity index (χ2n) is 5.03. The Labute approximate surface area is 119 Å². The standard InChI is InChI=1S/C15H24BrNO/c1-5-8-17-14(9-11(2)3)12-6-7-15(18-4)13(16)10-12/h6-7,10-11,14,17H,5,8-9H2,1-4H3. The zero-order valence-electron chi connectivity index (χ0n) is 11.8. The van der Waals surface area contributed by atoms with Crippen LogP contribution in [0.15, 0.2) is 22.7 Å². The average molecular weight is 314 g/mol. The highest BCUT2D eigenvalue weighted by molar-refractivity contribution is 9.10. The van der Waals surface area contributed by atoms with E-state index in [0.29, 0.717) is 12.0 Å². The van der Waals surface area contributed by atoms with Gasteiger partial charge in [-0.3, -0.25) is 0 Å². The molecule has 1 aromatic rings. The summed E-state index contributed by atoms with van der Waals surface area (Å²) in [4.78, 5) is 0. The molecule has 0 amide bonds. The Hall–Kier alpha value is -0.540. The number of hydrogen-bond donors (Lipinski definition) is 1. The van der Waals surface area contributed by atoms with Crippen molar-refractivity contribution in [3.8, 4) is 5.75 Å². The Morgan fingerprint density at radius 3 is 2.56 bits per heavy atom. The minimum atomic E-state index is 0.423. The fourth-order valence-corrected chi connectivity index (χ4v) is 2.58. The number of hydrogen-bond acceptors (Lipinski definition) is 2. The van der Waals surface area contributed by atoms with Crippen LogP contribution in [0.2, 0.25) is 0 Å². The van der Waals surface area contributed by atoms with E-state index in [4.69, 9.17) is 4.74 Å². The van der Waals surface area contributed by atoms with Crippen LogP contribution in [0.4, 0.5) is 0 Å². The van der Waals surface area contributed by atoms with Crippen molar-refractivity contribution in [1.82, 2.24) is 5.32 Å². The van der Waals surface area contributed by atoms with Crippen LogP contribution in [0.1, 0.15) is 45.2 Å². The monoisotopic (exact) mass is 313 g/mol. The first-order valence-corrected chi connectivity index (χ1v) is 7.44. The normalized spacial score (nSPS) is 12.8. The lowest BCUT2D eigenvalue weighted by molar-refractivity contribution is 0.409. The molecule has 0 aliphatic heterocycles. The van der Waals surface area contributed by atoms with Gasteiger partial charge in [0.2, 0.25) is 0 Å². The largest absolute Gasteiger partial charge is 0.496 e. The average Bonchev–Trinajstić information content (AvgIpc) is 2.34. The van der Waals surface area contributed by atoms with E-state index in [-0.39, 0.29) is 0 Å². The fraction of sp³-hybridized carbons (Fsp3) is 0.600. The smallest absolute Gasteiger partial charge is 0.133 e. The Bertz CT molecular complexity index is 366. The molecule has 1 atom stereocenters. The van der Waals surface area contributed by atoms with Crippen molar-refractivity contribution >= 4 is 15.9 Å². The molecule has 18 heavy (non-hydrogen) atoms. The summed E-state index contributed by atoms with van der Waals surface area (Å²) in [6.45, 7) is 7.78. The predicted octanol–water partition coefficient (Wildman–Crippen LogP) is 4.54. The van der Waals surface area contributed by atoms with Crippen molar-refractivity contribution in [3.05, 3.63) is 28.2 Å². The predicted molar refractivity (Wildman–Crippen MR) is 81.2 cm³/mol. The third-order valence-electron chi connectivity index (χ3n) is 2.93. The number of rotatable bonds is 7. The van der Waals surface area contributed by atoms with Gasteiger partial charge in [0, 0.05) is 6.04 Å². The molecule has 0 heterocycles. The molecule has 0 aliphatic rings. The quantitative estimate of drug-likeness (QED) is 0.797. The van der Waals surface area contributed by atoms with Gasteiger partial charge in [-0.15, -0.1) is 0 Å². The summed E-state index contributed by atoms with van der Waals surface area (Å²) in [7, 11) is 1.70. The van der Waals surface area contributed by atoms with Crippen LogP contribution in [0.25, 0.3) is 0 Å². The molecule has 1 rings (SSSR count). The highest BCUT2D eigenvalue weighted by atomic mass is 79.9. The van der Waals surface area contributed by atoms with E-state index in [2.05, 4.69) is 54.2 Å². The highest BCUT2D eigenvalue weighted by Crippen LogP contribution is 2.30. The highest BCUT2D eigenvalue weighted by Gasteiger charge is 2.14. The molecule has 1 N–H and O–H groups in total. The van der Waals surface area contributed by atoms with Gasteiger partial charge in [0.15, 0.2) is 0 Å².